The summed E-state index contributed by atoms with van der Waals surface area (Å²) in [6.45, 7) is 13.6. The van der Waals surface area contributed by atoms with Crippen molar-refractivity contribution in [3.05, 3.63) is 59.7 Å². The van der Waals surface area contributed by atoms with Gasteiger partial charge in [0, 0.05) is 9.79 Å². The van der Waals surface area contributed by atoms with Crippen LogP contribution < -0.4 is 0 Å². The van der Waals surface area contributed by atoms with Crippen molar-refractivity contribution in [2.24, 2.45) is 0 Å². The molecule has 0 fully saturated rings. The molecule has 0 aliphatic rings. The highest BCUT2D eigenvalue weighted by Crippen LogP contribution is 2.33. The Labute approximate surface area is 134 Å². The van der Waals surface area contributed by atoms with Crippen LogP contribution >= 0.6 is 11.8 Å². The Morgan fingerprint density at radius 1 is 0.619 bits per heavy atom. The maximum absolute atomic E-state index is 2.31. The zero-order chi connectivity index (χ0) is 15.7. The highest BCUT2D eigenvalue weighted by molar-refractivity contribution is 7.99. The van der Waals surface area contributed by atoms with E-state index in [0.717, 1.165) is 0 Å². The summed E-state index contributed by atoms with van der Waals surface area (Å²) in [5.41, 5.74) is 3.17. The second-order valence-corrected chi connectivity index (χ2v) is 8.80. The third-order valence-electron chi connectivity index (χ3n) is 3.64. The first-order chi connectivity index (χ1) is 9.66. The molecule has 0 unspecified atom stereocenters. The van der Waals surface area contributed by atoms with E-state index in [1.807, 2.05) is 11.8 Å². The standard InChI is InChI=1S/C20H26S/c1-19(2,3)15-9-7-11-17(13-15)21-18-12-8-10-16(14-18)20(4,5)6/h7-14H,1-6H3. The summed E-state index contributed by atoms with van der Waals surface area (Å²) in [5, 5.41) is 0. The molecule has 0 amide bonds. The molecule has 0 saturated heterocycles. The smallest absolute Gasteiger partial charge is 0.0125 e. The van der Waals surface area contributed by atoms with Crippen molar-refractivity contribution in [1.82, 2.24) is 0 Å². The summed E-state index contributed by atoms with van der Waals surface area (Å²) in [7, 11) is 0. The fraction of sp³-hybridized carbons (Fsp3) is 0.400. The van der Waals surface area contributed by atoms with Gasteiger partial charge in [-0.05, 0) is 46.2 Å². The van der Waals surface area contributed by atoms with Crippen LogP contribution in [0.3, 0.4) is 0 Å². The van der Waals surface area contributed by atoms with Crippen molar-refractivity contribution in [3.63, 3.8) is 0 Å². The average Bonchev–Trinajstić information content (AvgIpc) is 2.37. The maximum atomic E-state index is 2.31. The first-order valence-electron chi connectivity index (χ1n) is 7.55. The fourth-order valence-electron chi connectivity index (χ4n) is 2.19. The molecular formula is C20H26S. The van der Waals surface area contributed by atoms with Gasteiger partial charge in [0.25, 0.3) is 0 Å². The van der Waals surface area contributed by atoms with E-state index in [2.05, 4.69) is 90.1 Å². The third-order valence-corrected chi connectivity index (χ3v) is 4.62. The van der Waals surface area contributed by atoms with Crippen LogP contribution in [0.5, 0.6) is 0 Å². The molecule has 0 spiro atoms. The second kappa shape index (κ2) is 5.88. The number of hydrogen-bond acceptors (Lipinski definition) is 1. The van der Waals surface area contributed by atoms with Crippen LogP contribution in [0.4, 0.5) is 0 Å². The van der Waals surface area contributed by atoms with E-state index in [1.54, 1.807) is 0 Å². The monoisotopic (exact) mass is 298 g/mol. The maximum Gasteiger partial charge on any atom is 0.0125 e. The Kier molecular flexibility index (Phi) is 4.53. The van der Waals surface area contributed by atoms with Gasteiger partial charge in [-0.15, -0.1) is 0 Å². The molecule has 0 bridgehead atoms. The first-order valence-corrected chi connectivity index (χ1v) is 8.37. The lowest BCUT2D eigenvalue weighted by Gasteiger charge is -2.21. The highest BCUT2D eigenvalue weighted by atomic mass is 32.2. The second-order valence-electron chi connectivity index (χ2n) is 7.66. The predicted molar refractivity (Wildman–Crippen MR) is 94.4 cm³/mol. The molecule has 0 atom stereocenters. The minimum absolute atomic E-state index is 0.198. The van der Waals surface area contributed by atoms with Gasteiger partial charge in [-0.25, -0.2) is 0 Å². The van der Waals surface area contributed by atoms with Crippen LogP contribution in [0, 0.1) is 0 Å². The third kappa shape index (κ3) is 4.38. The first kappa shape index (κ1) is 16.2. The van der Waals surface area contributed by atoms with E-state index < -0.39 is 0 Å². The molecule has 0 heterocycles. The van der Waals surface area contributed by atoms with E-state index >= 15 is 0 Å². The van der Waals surface area contributed by atoms with Crippen LogP contribution in [0.2, 0.25) is 0 Å². The predicted octanol–water partition coefficient (Wildman–Crippen LogP) is 6.43. The molecule has 2 aromatic rings. The van der Waals surface area contributed by atoms with Crippen molar-refractivity contribution in [2.75, 3.05) is 0 Å². The van der Waals surface area contributed by atoms with E-state index in [0.29, 0.717) is 0 Å². The lowest BCUT2D eigenvalue weighted by atomic mass is 9.87. The number of hydrogen-bond donors (Lipinski definition) is 0. The van der Waals surface area contributed by atoms with Gasteiger partial charge >= 0.3 is 0 Å². The molecule has 0 N–H and O–H groups in total. The minimum Gasteiger partial charge on any atom is -0.0901 e. The summed E-state index contributed by atoms with van der Waals surface area (Å²) in [4.78, 5) is 2.63. The van der Waals surface area contributed by atoms with Gasteiger partial charge < -0.3 is 0 Å². The van der Waals surface area contributed by atoms with Gasteiger partial charge in [-0.3, -0.25) is 0 Å². The van der Waals surface area contributed by atoms with Gasteiger partial charge in [-0.1, -0.05) is 77.6 Å². The zero-order valence-corrected chi connectivity index (χ0v) is 14.8. The Bertz CT molecular complexity index is 557. The Hall–Kier alpha value is -1.21. The Morgan fingerprint density at radius 2 is 1.00 bits per heavy atom. The average molecular weight is 298 g/mol. The van der Waals surface area contributed by atoms with Crippen molar-refractivity contribution in [2.45, 2.75) is 62.2 Å². The molecule has 2 aromatic carbocycles. The summed E-state index contributed by atoms with van der Waals surface area (Å²) in [5.74, 6) is 0. The summed E-state index contributed by atoms with van der Waals surface area (Å²) in [6.07, 6.45) is 0. The highest BCUT2D eigenvalue weighted by Gasteiger charge is 2.15. The quantitative estimate of drug-likeness (QED) is 0.615. The Balaban J connectivity index is 2.27. The summed E-state index contributed by atoms with van der Waals surface area (Å²) >= 11 is 1.85. The van der Waals surface area contributed by atoms with E-state index in [4.69, 9.17) is 0 Å². The SMILES string of the molecule is CC(C)(C)c1cccc(Sc2cccc(C(C)(C)C)c2)c1. The van der Waals surface area contributed by atoms with E-state index in [1.165, 1.54) is 20.9 Å². The van der Waals surface area contributed by atoms with Gasteiger partial charge in [0.05, 0.1) is 0 Å². The summed E-state index contributed by atoms with van der Waals surface area (Å²) in [6, 6.07) is 17.8. The molecule has 0 aliphatic carbocycles. The Morgan fingerprint density at radius 3 is 1.33 bits per heavy atom. The number of rotatable bonds is 2. The largest absolute Gasteiger partial charge is 0.0901 e. The van der Waals surface area contributed by atoms with Gasteiger partial charge in [0.15, 0.2) is 0 Å². The normalized spacial score (nSPS) is 12.5. The van der Waals surface area contributed by atoms with Crippen molar-refractivity contribution < 1.29 is 0 Å². The van der Waals surface area contributed by atoms with Crippen molar-refractivity contribution in [1.29, 1.82) is 0 Å². The van der Waals surface area contributed by atoms with E-state index in [9.17, 15) is 0 Å². The van der Waals surface area contributed by atoms with E-state index in [-0.39, 0.29) is 10.8 Å². The number of benzene rings is 2. The van der Waals surface area contributed by atoms with Crippen LogP contribution in [-0.2, 0) is 10.8 Å². The molecule has 0 radical (unpaired) electrons. The molecule has 1 heteroatoms. The van der Waals surface area contributed by atoms with Crippen LogP contribution in [0.1, 0.15) is 52.7 Å². The molecule has 2 rings (SSSR count). The summed E-state index contributed by atoms with van der Waals surface area (Å²) < 4.78 is 0. The molecule has 0 aliphatic heterocycles. The van der Waals surface area contributed by atoms with Crippen LogP contribution in [0.15, 0.2) is 58.3 Å². The van der Waals surface area contributed by atoms with Crippen molar-refractivity contribution >= 4 is 11.8 Å². The molecular weight excluding hydrogens is 272 g/mol. The van der Waals surface area contributed by atoms with Crippen LogP contribution in [0.25, 0.3) is 0 Å². The molecule has 0 saturated carbocycles. The fourth-order valence-corrected chi connectivity index (χ4v) is 3.13. The topological polar surface area (TPSA) is 0 Å². The van der Waals surface area contributed by atoms with Gasteiger partial charge in [0.2, 0.25) is 0 Å². The minimum atomic E-state index is 0.198. The molecule has 112 valence electrons. The molecule has 0 nitrogen and oxygen atoms in total. The van der Waals surface area contributed by atoms with Crippen molar-refractivity contribution in [3.8, 4) is 0 Å². The molecule has 0 aromatic heterocycles. The van der Waals surface area contributed by atoms with Gasteiger partial charge in [-0.2, -0.15) is 0 Å². The zero-order valence-electron chi connectivity index (χ0n) is 14.0. The van der Waals surface area contributed by atoms with Crippen LogP contribution in [-0.4, -0.2) is 0 Å². The lowest BCUT2D eigenvalue weighted by molar-refractivity contribution is 0.588. The van der Waals surface area contributed by atoms with Gasteiger partial charge in [0.1, 0.15) is 0 Å². The molecule has 21 heavy (non-hydrogen) atoms. The lowest BCUT2D eigenvalue weighted by Crippen LogP contribution is -2.11.